The molecule has 26 heavy (non-hydrogen) atoms. The third-order valence-corrected chi connectivity index (χ3v) is 5.31. The van der Waals surface area contributed by atoms with Crippen molar-refractivity contribution in [1.82, 2.24) is 19.7 Å². The number of nitrogens with one attached hydrogen (secondary N) is 1. The molecule has 0 spiro atoms. The van der Waals surface area contributed by atoms with E-state index in [1.807, 2.05) is 12.3 Å². The Bertz CT molecular complexity index is 954. The van der Waals surface area contributed by atoms with Crippen LogP contribution in [0, 0.1) is 6.92 Å². The van der Waals surface area contributed by atoms with Crippen molar-refractivity contribution in [2.24, 2.45) is 4.99 Å². The number of aryl methyl sites for hydroxylation is 1. The molecule has 4 rings (SSSR count). The highest BCUT2D eigenvalue weighted by Crippen LogP contribution is 2.31. The van der Waals surface area contributed by atoms with Gasteiger partial charge in [-0.05, 0) is 18.4 Å². The van der Waals surface area contributed by atoms with E-state index in [9.17, 15) is 4.79 Å². The van der Waals surface area contributed by atoms with Crippen LogP contribution in [0.4, 0.5) is 5.82 Å². The zero-order chi connectivity index (χ0) is 18.3. The minimum Gasteiger partial charge on any atom is -0.322 e. The molecule has 0 aliphatic carbocycles. The van der Waals surface area contributed by atoms with Crippen molar-refractivity contribution in [3.8, 4) is 5.82 Å². The number of carbonyl (C=O) groups excluding carboxylic acids is 1. The first-order chi connectivity index (χ1) is 12.5. The molecule has 0 aromatic carbocycles. The van der Waals surface area contributed by atoms with Crippen molar-refractivity contribution < 1.29 is 4.79 Å². The molecular weight excluding hydrogens is 395 g/mol. The second-order valence-corrected chi connectivity index (χ2v) is 7.49. The topological polar surface area (TPSA) is 75.4 Å². The van der Waals surface area contributed by atoms with E-state index in [-0.39, 0.29) is 12.3 Å². The Labute approximate surface area is 164 Å². The fraction of sp³-hybridized carbons (Fsp3) is 0.250. The Morgan fingerprint density at radius 2 is 2.23 bits per heavy atom. The maximum Gasteiger partial charge on any atom is 0.231 e. The van der Waals surface area contributed by atoms with Gasteiger partial charge in [-0.15, -0.1) is 0 Å². The smallest absolute Gasteiger partial charge is 0.231 e. The van der Waals surface area contributed by atoms with E-state index >= 15 is 0 Å². The summed E-state index contributed by atoms with van der Waals surface area (Å²) in [5.74, 6) is 0.770. The summed E-state index contributed by atoms with van der Waals surface area (Å²) >= 11 is 13.7. The van der Waals surface area contributed by atoms with Crippen LogP contribution in [-0.2, 0) is 4.79 Å². The van der Waals surface area contributed by atoms with E-state index in [0.29, 0.717) is 21.7 Å². The van der Waals surface area contributed by atoms with Crippen LogP contribution in [0.1, 0.15) is 12.1 Å². The van der Waals surface area contributed by atoms with E-state index in [1.165, 1.54) is 10.9 Å². The SMILES string of the molecule is Cc1cc(NC(=O)CC2=CSC3=NCCN23)n(-c2ncc(Cl)cc2Cl)n1. The Kier molecular flexibility index (Phi) is 4.64. The van der Waals surface area contributed by atoms with Gasteiger partial charge in [-0.1, -0.05) is 35.0 Å². The molecule has 0 saturated heterocycles. The lowest BCUT2D eigenvalue weighted by Gasteiger charge is -2.16. The number of hydrogen-bond donors (Lipinski definition) is 1. The molecule has 4 heterocycles. The minimum atomic E-state index is -0.142. The summed E-state index contributed by atoms with van der Waals surface area (Å²) in [6.07, 6.45) is 1.75. The Morgan fingerprint density at radius 3 is 3.04 bits per heavy atom. The van der Waals surface area contributed by atoms with Gasteiger partial charge in [0.15, 0.2) is 11.0 Å². The number of amides is 1. The number of aromatic nitrogens is 3. The summed E-state index contributed by atoms with van der Waals surface area (Å²) in [6, 6.07) is 3.36. The van der Waals surface area contributed by atoms with Crippen LogP contribution in [0.3, 0.4) is 0 Å². The van der Waals surface area contributed by atoms with Crippen LogP contribution in [0.25, 0.3) is 5.82 Å². The van der Waals surface area contributed by atoms with E-state index < -0.39 is 0 Å². The largest absolute Gasteiger partial charge is 0.322 e. The highest BCUT2D eigenvalue weighted by Gasteiger charge is 2.27. The molecule has 134 valence electrons. The molecule has 0 fully saturated rings. The number of aliphatic imine (C=N–C) groups is 1. The molecule has 0 atom stereocenters. The van der Waals surface area contributed by atoms with Crippen molar-refractivity contribution in [3.63, 3.8) is 0 Å². The van der Waals surface area contributed by atoms with Crippen LogP contribution in [0.15, 0.2) is 34.4 Å². The number of amidine groups is 1. The van der Waals surface area contributed by atoms with Gasteiger partial charge in [0.25, 0.3) is 0 Å². The van der Waals surface area contributed by atoms with Gasteiger partial charge in [0.2, 0.25) is 5.91 Å². The summed E-state index contributed by atoms with van der Waals surface area (Å²) in [5, 5.41) is 11.0. The molecule has 0 bridgehead atoms. The summed E-state index contributed by atoms with van der Waals surface area (Å²) < 4.78 is 1.51. The van der Waals surface area contributed by atoms with E-state index in [1.54, 1.807) is 23.9 Å². The third-order valence-electron chi connectivity index (χ3n) is 3.88. The molecule has 2 aliphatic heterocycles. The Morgan fingerprint density at radius 1 is 1.38 bits per heavy atom. The maximum atomic E-state index is 12.5. The summed E-state index contributed by atoms with van der Waals surface area (Å²) in [5.41, 5.74) is 1.69. The highest BCUT2D eigenvalue weighted by atomic mass is 35.5. The predicted octanol–water partition coefficient (Wildman–Crippen LogP) is 3.47. The first-order valence-corrected chi connectivity index (χ1v) is 9.50. The van der Waals surface area contributed by atoms with E-state index in [0.717, 1.165) is 29.6 Å². The first kappa shape index (κ1) is 17.4. The lowest BCUT2D eigenvalue weighted by atomic mass is 10.3. The van der Waals surface area contributed by atoms with Crippen molar-refractivity contribution >= 4 is 51.9 Å². The van der Waals surface area contributed by atoms with E-state index in [2.05, 4.69) is 25.3 Å². The number of anilines is 1. The Hall–Kier alpha value is -2.03. The predicted molar refractivity (Wildman–Crippen MR) is 104 cm³/mol. The van der Waals surface area contributed by atoms with Crippen molar-refractivity contribution in [2.45, 2.75) is 13.3 Å². The van der Waals surface area contributed by atoms with Crippen LogP contribution < -0.4 is 5.32 Å². The lowest BCUT2D eigenvalue weighted by Crippen LogP contribution is -2.24. The molecular formula is C16H14Cl2N6OS. The number of carbonyl (C=O) groups is 1. The van der Waals surface area contributed by atoms with Gasteiger partial charge < -0.3 is 10.2 Å². The van der Waals surface area contributed by atoms with Gasteiger partial charge in [0.1, 0.15) is 5.82 Å². The average molecular weight is 409 g/mol. The summed E-state index contributed by atoms with van der Waals surface area (Å²) in [7, 11) is 0. The number of nitrogens with zero attached hydrogens (tertiary/aromatic N) is 5. The van der Waals surface area contributed by atoms with Crippen molar-refractivity contribution in [2.75, 3.05) is 18.4 Å². The molecule has 0 unspecified atom stereocenters. The third kappa shape index (κ3) is 3.32. The minimum absolute atomic E-state index is 0.142. The molecule has 2 aromatic heterocycles. The molecule has 2 aliphatic rings. The van der Waals surface area contributed by atoms with Gasteiger partial charge in [0.05, 0.1) is 28.7 Å². The van der Waals surface area contributed by atoms with Crippen molar-refractivity contribution in [1.29, 1.82) is 0 Å². The second kappa shape index (κ2) is 6.94. The number of halogens is 2. The van der Waals surface area contributed by atoms with Crippen LogP contribution in [-0.4, -0.2) is 43.8 Å². The quantitative estimate of drug-likeness (QED) is 0.837. The molecule has 1 amide bonds. The monoisotopic (exact) mass is 408 g/mol. The van der Waals surface area contributed by atoms with Gasteiger partial charge in [0, 0.05) is 24.5 Å². The van der Waals surface area contributed by atoms with Gasteiger partial charge in [-0.2, -0.15) is 9.78 Å². The maximum absolute atomic E-state index is 12.5. The van der Waals surface area contributed by atoms with Gasteiger partial charge in [-0.25, -0.2) is 4.98 Å². The molecule has 0 radical (unpaired) electrons. The Balaban J connectivity index is 1.53. The fourth-order valence-corrected chi connectivity index (χ4v) is 4.19. The number of pyridine rings is 1. The highest BCUT2D eigenvalue weighted by molar-refractivity contribution is 8.16. The zero-order valence-corrected chi connectivity index (χ0v) is 16.1. The standard InChI is InChI=1S/C16H14Cl2N6OS/c1-9-4-13(24(22-9)15-12(18)5-10(17)7-20-15)21-14(25)6-11-8-26-16-19-2-3-23(11)16/h4-5,7-8H,2-3,6H2,1H3,(H,21,25). The molecule has 1 N–H and O–H groups in total. The molecule has 7 nitrogen and oxygen atoms in total. The normalized spacial score (nSPS) is 15.7. The van der Waals surface area contributed by atoms with E-state index in [4.69, 9.17) is 23.2 Å². The first-order valence-electron chi connectivity index (χ1n) is 7.87. The van der Waals surface area contributed by atoms with Gasteiger partial charge >= 0.3 is 0 Å². The van der Waals surface area contributed by atoms with Crippen LogP contribution in [0.2, 0.25) is 10.0 Å². The number of thioether (sulfide) groups is 1. The lowest BCUT2D eigenvalue weighted by molar-refractivity contribution is -0.115. The zero-order valence-electron chi connectivity index (χ0n) is 13.7. The van der Waals surface area contributed by atoms with Crippen LogP contribution in [0.5, 0.6) is 0 Å². The molecule has 10 heteroatoms. The molecule has 2 aromatic rings. The van der Waals surface area contributed by atoms with Gasteiger partial charge in [-0.3, -0.25) is 9.79 Å². The van der Waals surface area contributed by atoms with Crippen molar-refractivity contribution in [3.05, 3.63) is 45.2 Å². The number of fused-ring (bicyclic) bond motifs is 1. The number of hydrogen-bond acceptors (Lipinski definition) is 6. The average Bonchev–Trinajstić information content (AvgIpc) is 3.26. The second-order valence-electron chi connectivity index (χ2n) is 5.81. The summed E-state index contributed by atoms with van der Waals surface area (Å²) in [6.45, 7) is 3.43. The summed E-state index contributed by atoms with van der Waals surface area (Å²) in [4.78, 5) is 23.2. The van der Waals surface area contributed by atoms with Crippen LogP contribution >= 0.6 is 35.0 Å². The number of rotatable bonds is 4. The fourth-order valence-electron chi connectivity index (χ4n) is 2.78. The molecule has 0 saturated carbocycles.